The van der Waals surface area contributed by atoms with Crippen molar-refractivity contribution in [2.24, 2.45) is 0 Å². The van der Waals surface area contributed by atoms with Crippen molar-refractivity contribution in [2.45, 2.75) is 12.8 Å². The maximum absolute atomic E-state index is 11.8. The summed E-state index contributed by atoms with van der Waals surface area (Å²) in [5, 5.41) is 0. The Morgan fingerprint density at radius 2 is 2.07 bits per heavy atom. The third kappa shape index (κ3) is 1.69. The maximum atomic E-state index is 11.8. The van der Waals surface area contributed by atoms with Gasteiger partial charge in [-0.15, -0.1) is 0 Å². The highest BCUT2D eigenvalue weighted by atomic mass is 16.2. The second-order valence-corrected chi connectivity index (χ2v) is 3.44. The first-order valence-electron chi connectivity index (χ1n) is 4.75. The Labute approximate surface area is 81.6 Å². The molecule has 14 heavy (non-hydrogen) atoms. The van der Waals surface area contributed by atoms with E-state index in [-0.39, 0.29) is 11.5 Å². The molecule has 0 radical (unpaired) electrons. The average molecular weight is 192 g/mol. The van der Waals surface area contributed by atoms with Gasteiger partial charge in [0.25, 0.3) is 5.91 Å². The van der Waals surface area contributed by atoms with Gasteiger partial charge < -0.3 is 9.88 Å². The predicted molar refractivity (Wildman–Crippen MR) is 52.2 cm³/mol. The Morgan fingerprint density at radius 1 is 1.36 bits per heavy atom. The summed E-state index contributed by atoms with van der Waals surface area (Å²) in [5.74, 6) is -0.0337. The smallest absolute Gasteiger partial charge is 0.254 e. The third-order valence-corrected chi connectivity index (χ3v) is 2.42. The molecule has 1 aliphatic rings. The summed E-state index contributed by atoms with van der Waals surface area (Å²) in [6.45, 7) is 1.62. The van der Waals surface area contributed by atoms with E-state index in [1.165, 1.54) is 12.3 Å². The van der Waals surface area contributed by atoms with E-state index in [1.54, 1.807) is 11.0 Å². The second kappa shape index (κ2) is 3.65. The Hall–Kier alpha value is -1.58. The number of nitrogens with zero attached hydrogens (tertiary/aromatic N) is 1. The summed E-state index contributed by atoms with van der Waals surface area (Å²) in [4.78, 5) is 27.0. The molecule has 1 fully saturated rings. The molecule has 4 nitrogen and oxygen atoms in total. The van der Waals surface area contributed by atoms with Gasteiger partial charge in [0.05, 0.1) is 0 Å². The quantitative estimate of drug-likeness (QED) is 0.708. The van der Waals surface area contributed by atoms with Crippen LogP contribution in [-0.2, 0) is 0 Å². The van der Waals surface area contributed by atoms with Crippen LogP contribution in [0.1, 0.15) is 23.2 Å². The molecule has 2 heterocycles. The summed E-state index contributed by atoms with van der Waals surface area (Å²) in [7, 11) is 0. The topological polar surface area (TPSA) is 53.2 Å². The highest BCUT2D eigenvalue weighted by Crippen LogP contribution is 2.11. The lowest BCUT2D eigenvalue weighted by atomic mass is 10.2. The molecule has 1 saturated heterocycles. The van der Waals surface area contributed by atoms with Crippen molar-refractivity contribution in [3.8, 4) is 0 Å². The van der Waals surface area contributed by atoms with Gasteiger partial charge in [-0.25, -0.2) is 0 Å². The highest BCUT2D eigenvalue weighted by molar-refractivity contribution is 5.94. The summed E-state index contributed by atoms with van der Waals surface area (Å²) in [6.07, 6.45) is 3.63. The fourth-order valence-electron chi connectivity index (χ4n) is 1.68. The first-order valence-corrected chi connectivity index (χ1v) is 4.75. The number of nitrogens with one attached hydrogen (secondary N) is 1. The molecule has 1 amide bonds. The number of likely N-dealkylation sites (tertiary alicyclic amines) is 1. The number of amides is 1. The molecule has 0 aromatic carbocycles. The normalized spacial score (nSPS) is 15.9. The van der Waals surface area contributed by atoms with Gasteiger partial charge >= 0.3 is 0 Å². The number of H-pyrrole nitrogens is 1. The fraction of sp³-hybridized carbons (Fsp3) is 0.400. The van der Waals surface area contributed by atoms with Crippen molar-refractivity contribution in [2.75, 3.05) is 13.1 Å². The van der Waals surface area contributed by atoms with Gasteiger partial charge in [-0.1, -0.05) is 0 Å². The minimum Gasteiger partial charge on any atom is -0.339 e. The molecular formula is C10H12N2O2. The molecule has 0 unspecified atom stereocenters. The number of aromatic amines is 1. The molecule has 74 valence electrons. The number of carbonyl (C=O) groups is 1. The number of rotatable bonds is 1. The Bertz CT molecular complexity index is 391. The summed E-state index contributed by atoms with van der Waals surface area (Å²) in [6, 6.07) is 2.99. The van der Waals surface area contributed by atoms with E-state index in [0.29, 0.717) is 5.56 Å². The molecular weight excluding hydrogens is 180 g/mol. The monoisotopic (exact) mass is 192 g/mol. The standard InChI is InChI=1S/C10H12N2O2/c13-9-7-8(3-4-11-9)10(14)12-5-1-2-6-12/h3-4,7H,1-2,5-6H2,(H,11,13). The molecule has 1 aliphatic heterocycles. The van der Waals surface area contributed by atoms with E-state index in [4.69, 9.17) is 0 Å². The maximum Gasteiger partial charge on any atom is 0.254 e. The SMILES string of the molecule is O=C(c1cc[nH]c(=O)c1)N1CCCC1. The Balaban J connectivity index is 2.22. The van der Waals surface area contributed by atoms with Crippen LogP contribution >= 0.6 is 0 Å². The van der Waals surface area contributed by atoms with Crippen LogP contribution in [0.3, 0.4) is 0 Å². The van der Waals surface area contributed by atoms with E-state index in [0.717, 1.165) is 25.9 Å². The molecule has 0 spiro atoms. The first kappa shape index (κ1) is 8.99. The van der Waals surface area contributed by atoms with E-state index in [1.807, 2.05) is 0 Å². The first-order chi connectivity index (χ1) is 6.77. The van der Waals surface area contributed by atoms with E-state index in [9.17, 15) is 9.59 Å². The number of hydrogen-bond acceptors (Lipinski definition) is 2. The van der Waals surface area contributed by atoms with Crippen LogP contribution in [-0.4, -0.2) is 28.9 Å². The molecule has 1 aromatic rings. The third-order valence-electron chi connectivity index (χ3n) is 2.42. The molecule has 0 saturated carbocycles. The molecule has 2 rings (SSSR count). The van der Waals surface area contributed by atoms with Crippen LogP contribution in [0.15, 0.2) is 23.1 Å². The van der Waals surface area contributed by atoms with Gasteiger partial charge in [0.1, 0.15) is 0 Å². The zero-order chi connectivity index (χ0) is 9.97. The highest BCUT2D eigenvalue weighted by Gasteiger charge is 2.19. The van der Waals surface area contributed by atoms with Crippen molar-refractivity contribution in [3.63, 3.8) is 0 Å². The summed E-state index contributed by atoms with van der Waals surface area (Å²) < 4.78 is 0. The molecule has 1 N–H and O–H groups in total. The zero-order valence-corrected chi connectivity index (χ0v) is 7.82. The molecule has 0 atom stereocenters. The average Bonchev–Trinajstić information content (AvgIpc) is 2.69. The fourth-order valence-corrected chi connectivity index (χ4v) is 1.68. The van der Waals surface area contributed by atoms with Crippen molar-refractivity contribution < 1.29 is 4.79 Å². The van der Waals surface area contributed by atoms with Crippen molar-refractivity contribution >= 4 is 5.91 Å². The van der Waals surface area contributed by atoms with Crippen LogP contribution in [0.25, 0.3) is 0 Å². The largest absolute Gasteiger partial charge is 0.339 e. The number of carbonyl (C=O) groups excluding carboxylic acids is 1. The van der Waals surface area contributed by atoms with Crippen molar-refractivity contribution in [1.82, 2.24) is 9.88 Å². The van der Waals surface area contributed by atoms with Crippen LogP contribution in [0.2, 0.25) is 0 Å². The van der Waals surface area contributed by atoms with Gasteiger partial charge in [0.15, 0.2) is 0 Å². The van der Waals surface area contributed by atoms with Crippen LogP contribution in [0.4, 0.5) is 0 Å². The van der Waals surface area contributed by atoms with Crippen LogP contribution < -0.4 is 5.56 Å². The lowest BCUT2D eigenvalue weighted by Gasteiger charge is -2.14. The van der Waals surface area contributed by atoms with Crippen molar-refractivity contribution in [1.29, 1.82) is 0 Å². The van der Waals surface area contributed by atoms with Gasteiger partial charge in [-0.2, -0.15) is 0 Å². The molecule has 0 aliphatic carbocycles. The van der Waals surface area contributed by atoms with Gasteiger partial charge in [-0.3, -0.25) is 9.59 Å². The molecule has 0 bridgehead atoms. The lowest BCUT2D eigenvalue weighted by Crippen LogP contribution is -2.28. The minimum absolute atomic E-state index is 0.0337. The Morgan fingerprint density at radius 3 is 2.71 bits per heavy atom. The van der Waals surface area contributed by atoms with E-state index < -0.39 is 0 Å². The number of pyridine rings is 1. The number of aromatic nitrogens is 1. The Kier molecular flexibility index (Phi) is 2.35. The minimum atomic E-state index is -0.227. The van der Waals surface area contributed by atoms with Crippen LogP contribution in [0.5, 0.6) is 0 Å². The summed E-state index contributed by atoms with van der Waals surface area (Å²) >= 11 is 0. The van der Waals surface area contributed by atoms with Gasteiger partial charge in [0.2, 0.25) is 5.56 Å². The summed E-state index contributed by atoms with van der Waals surface area (Å²) in [5.41, 5.74) is 0.255. The van der Waals surface area contributed by atoms with Gasteiger partial charge in [0, 0.05) is 30.9 Å². The van der Waals surface area contributed by atoms with Crippen molar-refractivity contribution in [3.05, 3.63) is 34.2 Å². The zero-order valence-electron chi connectivity index (χ0n) is 7.82. The van der Waals surface area contributed by atoms with Gasteiger partial charge in [-0.05, 0) is 18.9 Å². The second-order valence-electron chi connectivity index (χ2n) is 3.44. The van der Waals surface area contributed by atoms with E-state index in [2.05, 4.69) is 4.98 Å². The molecule has 4 heteroatoms. The number of hydrogen-bond donors (Lipinski definition) is 1. The van der Waals surface area contributed by atoms with Crippen LogP contribution in [0, 0.1) is 0 Å². The predicted octanol–water partition coefficient (Wildman–Crippen LogP) is 0.611. The van der Waals surface area contributed by atoms with E-state index >= 15 is 0 Å². The molecule has 1 aromatic heterocycles. The lowest BCUT2D eigenvalue weighted by molar-refractivity contribution is 0.0792.